The molecule has 2 aromatic carbocycles. The van der Waals surface area contributed by atoms with Gasteiger partial charge in [0, 0.05) is 6.07 Å². The van der Waals surface area contributed by atoms with Crippen LogP contribution in [0.5, 0.6) is 11.5 Å². The minimum absolute atomic E-state index is 0.0300. The van der Waals surface area contributed by atoms with Gasteiger partial charge in [0.15, 0.2) is 5.75 Å². The number of hydrogen-bond acceptors (Lipinski definition) is 7. The van der Waals surface area contributed by atoms with Crippen molar-refractivity contribution in [1.29, 1.82) is 0 Å². The van der Waals surface area contributed by atoms with E-state index in [2.05, 4.69) is 5.32 Å². The van der Waals surface area contributed by atoms with Gasteiger partial charge in [-0.3, -0.25) is 25.0 Å². The number of carbonyl (C=O) groups excluding carboxylic acids is 3. The molecular weight excluding hydrogens is 382 g/mol. The molecule has 148 valence electrons. The van der Waals surface area contributed by atoms with Crippen LogP contribution in [0, 0.1) is 10.1 Å². The molecule has 1 fully saturated rings. The first-order valence-corrected chi connectivity index (χ1v) is 8.24. The fourth-order valence-electron chi connectivity index (χ4n) is 2.80. The van der Waals surface area contributed by atoms with Crippen molar-refractivity contribution in [2.75, 3.05) is 19.1 Å². The number of methoxy groups -OCH3 is 2. The molecular formula is C19H15N3O7. The highest BCUT2D eigenvalue weighted by Crippen LogP contribution is 2.32. The van der Waals surface area contributed by atoms with Crippen LogP contribution in [0.25, 0.3) is 6.08 Å². The Morgan fingerprint density at radius 1 is 1.03 bits per heavy atom. The van der Waals surface area contributed by atoms with E-state index in [4.69, 9.17) is 9.47 Å². The summed E-state index contributed by atoms with van der Waals surface area (Å²) in [6.07, 6.45) is 1.17. The summed E-state index contributed by atoms with van der Waals surface area (Å²) in [5, 5.41) is 13.3. The van der Waals surface area contributed by atoms with Crippen LogP contribution < -0.4 is 19.7 Å². The van der Waals surface area contributed by atoms with E-state index in [9.17, 15) is 24.5 Å². The molecule has 29 heavy (non-hydrogen) atoms. The zero-order chi connectivity index (χ0) is 21.1. The minimum atomic E-state index is -0.928. The molecule has 0 bridgehead atoms. The Kier molecular flexibility index (Phi) is 5.26. The first-order valence-electron chi connectivity index (χ1n) is 8.24. The van der Waals surface area contributed by atoms with Gasteiger partial charge in [-0.2, -0.15) is 0 Å². The summed E-state index contributed by atoms with van der Waals surface area (Å²) in [6, 6.07) is 9.34. The number of anilines is 1. The van der Waals surface area contributed by atoms with Crippen LogP contribution in [0.15, 0.2) is 48.0 Å². The molecule has 0 radical (unpaired) electrons. The molecule has 10 heteroatoms. The number of urea groups is 1. The van der Waals surface area contributed by atoms with E-state index in [1.807, 2.05) is 0 Å². The van der Waals surface area contributed by atoms with Gasteiger partial charge in [-0.05, 0) is 29.8 Å². The van der Waals surface area contributed by atoms with E-state index in [-0.39, 0.29) is 34.0 Å². The SMILES string of the molecule is COc1ccccc1N1C(=O)NC(=O)/C(=C/c2ccc(OC)c([N+](=O)[O-])c2)C1=O. The number of ether oxygens (including phenoxy) is 2. The van der Waals surface area contributed by atoms with Crippen LogP contribution in [-0.4, -0.2) is 37.0 Å². The second-order valence-corrected chi connectivity index (χ2v) is 5.82. The first kappa shape index (κ1) is 19.5. The average molecular weight is 397 g/mol. The van der Waals surface area contributed by atoms with Gasteiger partial charge in [-0.25, -0.2) is 9.69 Å². The van der Waals surface area contributed by atoms with Crippen LogP contribution in [-0.2, 0) is 9.59 Å². The van der Waals surface area contributed by atoms with Gasteiger partial charge in [-0.1, -0.05) is 18.2 Å². The largest absolute Gasteiger partial charge is 0.495 e. The van der Waals surface area contributed by atoms with Gasteiger partial charge >= 0.3 is 11.7 Å². The zero-order valence-corrected chi connectivity index (χ0v) is 15.4. The Balaban J connectivity index is 2.06. The molecule has 2 aromatic rings. The van der Waals surface area contributed by atoms with Crippen molar-refractivity contribution in [2.24, 2.45) is 0 Å². The number of nitrogens with zero attached hydrogens (tertiary/aromatic N) is 2. The summed E-state index contributed by atoms with van der Waals surface area (Å²) < 4.78 is 10.1. The molecule has 0 unspecified atom stereocenters. The number of carbonyl (C=O) groups is 3. The van der Waals surface area contributed by atoms with Gasteiger partial charge in [0.05, 0.1) is 24.8 Å². The van der Waals surface area contributed by atoms with Gasteiger partial charge < -0.3 is 9.47 Å². The molecule has 4 amide bonds. The van der Waals surface area contributed by atoms with Crippen molar-refractivity contribution in [3.05, 3.63) is 63.7 Å². The highest BCUT2D eigenvalue weighted by Gasteiger charge is 2.38. The molecule has 1 aliphatic heterocycles. The predicted octanol–water partition coefficient (Wildman–Crippen LogP) is 2.28. The Morgan fingerprint density at radius 2 is 1.72 bits per heavy atom. The molecule has 0 spiro atoms. The fourth-order valence-corrected chi connectivity index (χ4v) is 2.80. The Bertz CT molecular complexity index is 1060. The normalized spacial score (nSPS) is 15.3. The van der Waals surface area contributed by atoms with E-state index < -0.39 is 22.8 Å². The van der Waals surface area contributed by atoms with Gasteiger partial charge in [-0.15, -0.1) is 0 Å². The maximum Gasteiger partial charge on any atom is 0.336 e. The minimum Gasteiger partial charge on any atom is -0.495 e. The third-order valence-corrected chi connectivity index (χ3v) is 4.14. The summed E-state index contributed by atoms with van der Waals surface area (Å²) >= 11 is 0. The third-order valence-electron chi connectivity index (χ3n) is 4.14. The number of amides is 4. The summed E-state index contributed by atoms with van der Waals surface area (Å²) in [6.45, 7) is 0. The fraction of sp³-hybridized carbons (Fsp3) is 0.105. The number of nitro benzene ring substituents is 1. The van der Waals surface area contributed by atoms with E-state index in [0.717, 1.165) is 11.0 Å². The van der Waals surface area contributed by atoms with Crippen LogP contribution in [0.4, 0.5) is 16.2 Å². The monoisotopic (exact) mass is 397 g/mol. The number of nitro groups is 1. The number of barbiturate groups is 1. The number of benzene rings is 2. The average Bonchev–Trinajstić information content (AvgIpc) is 2.71. The zero-order valence-electron chi connectivity index (χ0n) is 15.4. The van der Waals surface area contributed by atoms with E-state index in [1.54, 1.807) is 18.2 Å². The number of nitrogens with one attached hydrogen (secondary N) is 1. The molecule has 0 aliphatic carbocycles. The van der Waals surface area contributed by atoms with E-state index in [1.165, 1.54) is 38.5 Å². The maximum atomic E-state index is 12.9. The molecule has 10 nitrogen and oxygen atoms in total. The summed E-state index contributed by atoms with van der Waals surface area (Å²) in [5.74, 6) is -1.52. The third kappa shape index (κ3) is 3.63. The second kappa shape index (κ2) is 7.80. The quantitative estimate of drug-likeness (QED) is 0.355. The molecule has 1 aliphatic rings. The Morgan fingerprint density at radius 3 is 2.38 bits per heavy atom. The standard InChI is InChI=1S/C19H15N3O7/c1-28-15-6-4-3-5-13(15)21-18(24)12(17(23)20-19(21)25)9-11-7-8-16(29-2)14(10-11)22(26)27/h3-10H,1-2H3,(H,20,23,25)/b12-9-. The number of hydrogen-bond donors (Lipinski definition) is 1. The van der Waals surface area contributed by atoms with Crippen LogP contribution >= 0.6 is 0 Å². The van der Waals surface area contributed by atoms with Crippen molar-refractivity contribution in [3.8, 4) is 11.5 Å². The van der Waals surface area contributed by atoms with Crippen LogP contribution in [0.3, 0.4) is 0 Å². The highest BCUT2D eigenvalue weighted by atomic mass is 16.6. The first-order chi connectivity index (χ1) is 13.9. The molecule has 1 N–H and O–H groups in total. The summed E-state index contributed by atoms with van der Waals surface area (Å²) in [4.78, 5) is 48.8. The lowest BCUT2D eigenvalue weighted by Crippen LogP contribution is -2.54. The van der Waals surface area contributed by atoms with Crippen molar-refractivity contribution in [2.45, 2.75) is 0 Å². The molecule has 0 atom stereocenters. The highest BCUT2D eigenvalue weighted by molar-refractivity contribution is 6.39. The maximum absolute atomic E-state index is 12.9. The Labute approximate surface area is 164 Å². The second-order valence-electron chi connectivity index (χ2n) is 5.82. The predicted molar refractivity (Wildman–Crippen MR) is 102 cm³/mol. The smallest absolute Gasteiger partial charge is 0.336 e. The molecule has 1 saturated heterocycles. The number of para-hydroxylation sites is 2. The van der Waals surface area contributed by atoms with Crippen molar-refractivity contribution >= 4 is 35.3 Å². The molecule has 3 rings (SSSR count). The molecule has 0 aromatic heterocycles. The Hall–Kier alpha value is -4.21. The topological polar surface area (TPSA) is 128 Å². The lowest BCUT2D eigenvalue weighted by atomic mass is 10.1. The number of imide groups is 2. The summed E-state index contributed by atoms with van der Waals surface area (Å²) in [7, 11) is 2.67. The van der Waals surface area contributed by atoms with Crippen molar-refractivity contribution in [1.82, 2.24) is 5.32 Å². The molecule has 1 heterocycles. The van der Waals surface area contributed by atoms with Crippen molar-refractivity contribution in [3.63, 3.8) is 0 Å². The van der Waals surface area contributed by atoms with Gasteiger partial charge in [0.1, 0.15) is 11.3 Å². The van der Waals surface area contributed by atoms with E-state index in [0.29, 0.717) is 0 Å². The van der Waals surface area contributed by atoms with Crippen LogP contribution in [0.2, 0.25) is 0 Å². The van der Waals surface area contributed by atoms with Crippen molar-refractivity contribution < 1.29 is 28.8 Å². The number of rotatable bonds is 5. The molecule has 0 saturated carbocycles. The van der Waals surface area contributed by atoms with Gasteiger partial charge in [0.2, 0.25) is 0 Å². The van der Waals surface area contributed by atoms with E-state index >= 15 is 0 Å². The van der Waals surface area contributed by atoms with Gasteiger partial charge in [0.25, 0.3) is 11.8 Å². The lowest BCUT2D eigenvalue weighted by molar-refractivity contribution is -0.385. The van der Waals surface area contributed by atoms with Crippen LogP contribution in [0.1, 0.15) is 5.56 Å². The summed E-state index contributed by atoms with van der Waals surface area (Å²) in [5.41, 5.74) is -0.333. The lowest BCUT2D eigenvalue weighted by Gasteiger charge is -2.27.